The van der Waals surface area contributed by atoms with Gasteiger partial charge in [0.1, 0.15) is 12.2 Å². The van der Waals surface area contributed by atoms with Gasteiger partial charge in [-0.25, -0.2) is 4.79 Å². The van der Waals surface area contributed by atoms with E-state index in [0.29, 0.717) is 39.0 Å². The number of carbonyl (C=O) groups excluding carboxylic acids is 1. The summed E-state index contributed by atoms with van der Waals surface area (Å²) in [6.45, 7) is 10.1. The third-order valence-electron chi connectivity index (χ3n) is 9.23. The highest BCUT2D eigenvalue weighted by molar-refractivity contribution is 5.76. The van der Waals surface area contributed by atoms with Gasteiger partial charge in [-0.2, -0.15) is 0 Å². The molecule has 1 heterocycles. The van der Waals surface area contributed by atoms with Crippen molar-refractivity contribution in [3.63, 3.8) is 0 Å². The van der Waals surface area contributed by atoms with Crippen LogP contribution < -0.4 is 10.6 Å². The Bertz CT molecular complexity index is 1570. The summed E-state index contributed by atoms with van der Waals surface area (Å²) in [4.78, 5) is 18.2. The molecule has 1 fully saturated rings. The third-order valence-corrected chi connectivity index (χ3v) is 9.23. The number of hydrogen-bond acceptors (Lipinski definition) is 5. The van der Waals surface area contributed by atoms with Crippen molar-refractivity contribution in [3.8, 4) is 0 Å². The van der Waals surface area contributed by atoms with Crippen LogP contribution in [0.1, 0.15) is 33.4 Å². The van der Waals surface area contributed by atoms with Gasteiger partial charge in [-0.1, -0.05) is 97.1 Å². The van der Waals surface area contributed by atoms with E-state index < -0.39 is 24.3 Å². The number of aliphatic hydroxyl groups excluding tert-OH is 2. The van der Waals surface area contributed by atoms with E-state index >= 15 is 0 Å². The normalized spacial score (nSPS) is 19.7. The number of urea groups is 1. The van der Waals surface area contributed by atoms with Gasteiger partial charge in [-0.3, -0.25) is 0 Å². The molecule has 7 heteroatoms. The van der Waals surface area contributed by atoms with Crippen molar-refractivity contribution in [1.82, 2.24) is 9.80 Å². The standard InChI is InChI=1S/C43H52N4O3/c1-31-23-32(2)26-37(25-31)44-19-11-13-21-46-39(29-35-15-7-5-8-16-35)41(48)42(49)40(30-36-17-9-6-10-18-36)47(43(46)50)22-14-12-20-45-38-27-33(3)24-34(4)28-38/h5-18,23-28,39-42,44-45,48-49H,19-22,29-30H2,1-4H3/b13-11+,14-12+/t39-,40-,41+,42+/m1/s1. The molecule has 262 valence electrons. The molecule has 2 amide bonds. The van der Waals surface area contributed by atoms with E-state index in [0.717, 1.165) is 22.5 Å². The Hall–Kier alpha value is -4.85. The maximum Gasteiger partial charge on any atom is 0.321 e. The van der Waals surface area contributed by atoms with E-state index in [2.05, 4.69) is 74.7 Å². The highest BCUT2D eigenvalue weighted by Gasteiger charge is 2.45. The van der Waals surface area contributed by atoms with Gasteiger partial charge in [0.25, 0.3) is 0 Å². The summed E-state index contributed by atoms with van der Waals surface area (Å²) in [5.41, 5.74) is 8.87. The van der Waals surface area contributed by atoms with E-state index in [1.807, 2.05) is 85.0 Å². The van der Waals surface area contributed by atoms with Crippen molar-refractivity contribution >= 4 is 17.4 Å². The van der Waals surface area contributed by atoms with Gasteiger partial charge in [-0.05, 0) is 98.2 Å². The lowest BCUT2D eigenvalue weighted by Gasteiger charge is -2.34. The van der Waals surface area contributed by atoms with E-state index in [9.17, 15) is 15.0 Å². The van der Waals surface area contributed by atoms with Gasteiger partial charge in [0.15, 0.2) is 0 Å². The average Bonchev–Trinajstić information content (AvgIpc) is 3.14. The number of aliphatic hydroxyl groups is 2. The second-order valence-corrected chi connectivity index (χ2v) is 13.5. The Morgan fingerprint density at radius 3 is 1.28 bits per heavy atom. The van der Waals surface area contributed by atoms with E-state index in [1.54, 1.807) is 9.80 Å². The first-order chi connectivity index (χ1) is 24.2. The minimum Gasteiger partial charge on any atom is -0.388 e. The molecule has 4 aromatic rings. The van der Waals surface area contributed by atoms with Crippen molar-refractivity contribution in [1.29, 1.82) is 0 Å². The van der Waals surface area contributed by atoms with Crippen molar-refractivity contribution in [2.75, 3.05) is 36.8 Å². The molecule has 0 aromatic heterocycles. The van der Waals surface area contributed by atoms with Crippen LogP contribution in [0.15, 0.2) is 121 Å². The summed E-state index contributed by atoms with van der Waals surface area (Å²) in [5, 5.41) is 30.7. The predicted octanol–water partition coefficient (Wildman–Crippen LogP) is 7.24. The molecule has 0 radical (unpaired) electrons. The Morgan fingerprint density at radius 2 is 0.920 bits per heavy atom. The fourth-order valence-electron chi connectivity index (χ4n) is 6.92. The lowest BCUT2D eigenvalue weighted by atomic mass is 9.91. The van der Waals surface area contributed by atoms with Crippen molar-refractivity contribution < 1.29 is 15.0 Å². The van der Waals surface area contributed by atoms with Gasteiger partial charge in [0, 0.05) is 37.6 Å². The molecule has 0 aliphatic carbocycles. The average molecular weight is 673 g/mol. The maximum absolute atomic E-state index is 14.7. The van der Waals surface area contributed by atoms with Crippen LogP contribution in [0.5, 0.6) is 0 Å². The topological polar surface area (TPSA) is 88.1 Å². The number of nitrogens with one attached hydrogen (secondary N) is 2. The summed E-state index contributed by atoms with van der Waals surface area (Å²) in [7, 11) is 0. The van der Waals surface area contributed by atoms with Crippen LogP contribution in [0.2, 0.25) is 0 Å². The van der Waals surface area contributed by atoms with E-state index in [4.69, 9.17) is 0 Å². The molecule has 4 atom stereocenters. The second kappa shape index (κ2) is 17.7. The summed E-state index contributed by atoms with van der Waals surface area (Å²) in [6, 6.07) is 31.0. The first kappa shape index (κ1) is 36.4. The Morgan fingerprint density at radius 1 is 0.560 bits per heavy atom. The molecule has 50 heavy (non-hydrogen) atoms. The third kappa shape index (κ3) is 10.1. The Kier molecular flexibility index (Phi) is 12.9. The summed E-state index contributed by atoms with van der Waals surface area (Å²) >= 11 is 0. The summed E-state index contributed by atoms with van der Waals surface area (Å²) in [6.07, 6.45) is 6.51. The lowest BCUT2D eigenvalue weighted by molar-refractivity contribution is -0.0377. The number of rotatable bonds is 14. The second-order valence-electron chi connectivity index (χ2n) is 13.5. The molecule has 0 bridgehead atoms. The van der Waals surface area contributed by atoms with Crippen LogP contribution in [0, 0.1) is 27.7 Å². The number of aryl methyl sites for hydroxylation is 4. The largest absolute Gasteiger partial charge is 0.388 e. The SMILES string of the molecule is Cc1cc(C)cc(NC/C=C/CN2C(=O)N(C/C=C/CNc3cc(C)cc(C)c3)[C@H](Cc3ccccc3)[C@H](O)[C@@H](O)[C@H]2Cc2ccccc2)c1. The molecular formula is C43H52N4O3. The molecule has 4 N–H and O–H groups in total. The zero-order valence-corrected chi connectivity index (χ0v) is 29.8. The quantitative estimate of drug-likeness (QED) is 0.106. The molecule has 0 saturated carbocycles. The van der Waals surface area contributed by atoms with Crippen molar-refractivity contribution in [3.05, 3.63) is 155 Å². The first-order valence-corrected chi connectivity index (χ1v) is 17.6. The van der Waals surface area contributed by atoms with Crippen LogP contribution in [-0.2, 0) is 12.8 Å². The number of carbonyl (C=O) groups is 1. The van der Waals surface area contributed by atoms with Crippen LogP contribution in [0.4, 0.5) is 16.2 Å². The van der Waals surface area contributed by atoms with Crippen molar-refractivity contribution in [2.24, 2.45) is 0 Å². The Balaban J connectivity index is 1.39. The van der Waals surface area contributed by atoms with Crippen LogP contribution >= 0.6 is 0 Å². The molecule has 7 nitrogen and oxygen atoms in total. The van der Waals surface area contributed by atoms with Crippen molar-refractivity contribution in [2.45, 2.75) is 64.8 Å². The summed E-state index contributed by atoms with van der Waals surface area (Å²) in [5.74, 6) is 0. The number of nitrogens with zero attached hydrogens (tertiary/aromatic N) is 2. The number of benzene rings is 4. The minimum absolute atomic E-state index is 0.207. The first-order valence-electron chi connectivity index (χ1n) is 17.6. The molecule has 1 aliphatic heterocycles. The maximum atomic E-state index is 14.7. The van der Waals surface area contributed by atoms with Gasteiger partial charge < -0.3 is 30.6 Å². The van der Waals surface area contributed by atoms with Gasteiger partial charge >= 0.3 is 6.03 Å². The monoisotopic (exact) mass is 672 g/mol. The summed E-state index contributed by atoms with van der Waals surface area (Å²) < 4.78 is 0. The molecule has 4 aromatic carbocycles. The predicted molar refractivity (Wildman–Crippen MR) is 206 cm³/mol. The fourth-order valence-corrected chi connectivity index (χ4v) is 6.92. The van der Waals surface area contributed by atoms with Gasteiger partial charge in [-0.15, -0.1) is 0 Å². The van der Waals surface area contributed by atoms with Crippen LogP contribution in [0.25, 0.3) is 0 Å². The van der Waals surface area contributed by atoms with Crippen LogP contribution in [-0.4, -0.2) is 76.5 Å². The van der Waals surface area contributed by atoms with Gasteiger partial charge in [0.2, 0.25) is 0 Å². The van der Waals surface area contributed by atoms with Crippen LogP contribution in [0.3, 0.4) is 0 Å². The smallest absolute Gasteiger partial charge is 0.321 e. The molecule has 1 aliphatic rings. The number of amides is 2. The zero-order valence-electron chi connectivity index (χ0n) is 29.8. The lowest BCUT2D eigenvalue weighted by Crippen LogP contribution is -2.51. The number of anilines is 2. The molecule has 0 unspecified atom stereocenters. The fraction of sp³-hybridized carbons (Fsp3) is 0.326. The van der Waals surface area contributed by atoms with E-state index in [-0.39, 0.29) is 6.03 Å². The molecule has 1 saturated heterocycles. The zero-order chi connectivity index (χ0) is 35.5. The van der Waals surface area contributed by atoms with Gasteiger partial charge in [0.05, 0.1) is 12.1 Å². The van der Waals surface area contributed by atoms with E-state index in [1.165, 1.54) is 22.3 Å². The molecule has 0 spiro atoms. The Labute approximate surface area is 298 Å². The number of hydrogen-bond donors (Lipinski definition) is 4. The minimum atomic E-state index is -1.16. The highest BCUT2D eigenvalue weighted by Crippen LogP contribution is 2.27. The molecule has 5 rings (SSSR count). The highest BCUT2D eigenvalue weighted by atomic mass is 16.3. The molecular weight excluding hydrogens is 620 g/mol.